The molecule has 0 radical (unpaired) electrons. The van der Waals surface area contributed by atoms with Gasteiger partial charge in [0.1, 0.15) is 11.2 Å². The fraction of sp³-hybridized carbons (Fsp3) is 0.312. The summed E-state index contributed by atoms with van der Waals surface area (Å²) in [6.45, 7) is 3.35. The number of carbonyl (C=O) groups is 2. The van der Waals surface area contributed by atoms with Crippen LogP contribution in [0.1, 0.15) is 37.2 Å². The molecule has 0 aliphatic heterocycles. The van der Waals surface area contributed by atoms with Gasteiger partial charge in [-0.25, -0.2) is 4.79 Å². The molecule has 0 bridgehead atoms. The number of aliphatic carboxylic acids is 1. The summed E-state index contributed by atoms with van der Waals surface area (Å²) in [7, 11) is 0. The Labute approximate surface area is 138 Å². The Kier molecular flexibility index (Phi) is 5.05. The Morgan fingerprint density at radius 1 is 1.39 bits per heavy atom. The average Bonchev–Trinajstić information content (AvgIpc) is 2.97. The third-order valence-electron chi connectivity index (χ3n) is 3.58. The van der Waals surface area contributed by atoms with Crippen LogP contribution in [0.25, 0.3) is 11.3 Å². The first-order valence-electron chi connectivity index (χ1n) is 7.23. The van der Waals surface area contributed by atoms with E-state index in [-0.39, 0.29) is 5.69 Å². The van der Waals surface area contributed by atoms with Crippen LogP contribution >= 0.6 is 11.6 Å². The van der Waals surface area contributed by atoms with Gasteiger partial charge >= 0.3 is 5.97 Å². The summed E-state index contributed by atoms with van der Waals surface area (Å²) in [6.07, 6.45) is 0.969. The monoisotopic (exact) mass is 335 g/mol. The Morgan fingerprint density at radius 3 is 2.70 bits per heavy atom. The van der Waals surface area contributed by atoms with Gasteiger partial charge in [0, 0.05) is 5.56 Å². The number of aromatic nitrogens is 2. The number of aromatic amines is 1. The van der Waals surface area contributed by atoms with Gasteiger partial charge in [0.05, 0.1) is 10.7 Å². The van der Waals surface area contributed by atoms with E-state index in [4.69, 9.17) is 11.6 Å². The van der Waals surface area contributed by atoms with E-state index in [1.54, 1.807) is 24.3 Å². The second-order valence-corrected chi connectivity index (χ2v) is 5.90. The standard InChI is InChI=1S/C16H18ClN3O3/c1-3-8-16(2,15(22)23)18-14(21)13-9-12(19-20-13)10-6-4-5-7-11(10)17/h4-7,9H,3,8H2,1-2H3,(H,18,21)(H,19,20)(H,22,23). The molecule has 1 heterocycles. The molecule has 3 N–H and O–H groups in total. The van der Waals surface area contributed by atoms with Gasteiger partial charge in [0.25, 0.3) is 5.91 Å². The highest BCUT2D eigenvalue weighted by molar-refractivity contribution is 6.33. The van der Waals surface area contributed by atoms with E-state index in [0.717, 1.165) is 0 Å². The molecule has 0 aliphatic carbocycles. The molecule has 0 spiro atoms. The topological polar surface area (TPSA) is 95.1 Å². The highest BCUT2D eigenvalue weighted by Crippen LogP contribution is 2.26. The lowest BCUT2D eigenvalue weighted by Crippen LogP contribution is -2.52. The summed E-state index contributed by atoms with van der Waals surface area (Å²) in [6, 6.07) is 8.69. The van der Waals surface area contributed by atoms with Crippen molar-refractivity contribution >= 4 is 23.5 Å². The molecule has 0 aliphatic rings. The molecule has 0 saturated heterocycles. The number of halogens is 1. The zero-order chi connectivity index (χ0) is 17.0. The highest BCUT2D eigenvalue weighted by Gasteiger charge is 2.34. The number of H-pyrrole nitrogens is 1. The Morgan fingerprint density at radius 2 is 2.09 bits per heavy atom. The van der Waals surface area contributed by atoms with Crippen molar-refractivity contribution in [2.24, 2.45) is 0 Å². The third kappa shape index (κ3) is 3.71. The number of amides is 1. The highest BCUT2D eigenvalue weighted by atomic mass is 35.5. The maximum Gasteiger partial charge on any atom is 0.329 e. The van der Waals surface area contributed by atoms with Crippen LogP contribution in [0.2, 0.25) is 5.02 Å². The predicted molar refractivity (Wildman–Crippen MR) is 87.4 cm³/mol. The summed E-state index contributed by atoms with van der Waals surface area (Å²) in [5.74, 6) is -1.59. The molecule has 122 valence electrons. The summed E-state index contributed by atoms with van der Waals surface area (Å²) in [4.78, 5) is 23.7. The van der Waals surface area contributed by atoms with Crippen molar-refractivity contribution in [3.63, 3.8) is 0 Å². The van der Waals surface area contributed by atoms with Crippen molar-refractivity contribution < 1.29 is 14.7 Å². The van der Waals surface area contributed by atoms with Gasteiger partial charge in [-0.3, -0.25) is 9.89 Å². The SMILES string of the molecule is CCCC(C)(NC(=O)c1cc(-c2ccccc2Cl)n[nH]1)C(=O)O. The minimum Gasteiger partial charge on any atom is -0.480 e. The Bertz CT molecular complexity index is 729. The van der Waals surface area contributed by atoms with Crippen LogP contribution in [0.4, 0.5) is 0 Å². The quantitative estimate of drug-likeness (QED) is 0.755. The molecule has 6 nitrogen and oxygen atoms in total. The van der Waals surface area contributed by atoms with Crippen molar-refractivity contribution in [3.8, 4) is 11.3 Å². The van der Waals surface area contributed by atoms with E-state index >= 15 is 0 Å². The maximum absolute atomic E-state index is 12.3. The summed E-state index contributed by atoms with van der Waals surface area (Å²) in [5, 5.41) is 19.1. The van der Waals surface area contributed by atoms with E-state index in [0.29, 0.717) is 29.1 Å². The van der Waals surface area contributed by atoms with Crippen LogP contribution in [-0.2, 0) is 4.79 Å². The van der Waals surface area contributed by atoms with Gasteiger partial charge in [-0.1, -0.05) is 43.1 Å². The molecular weight excluding hydrogens is 318 g/mol. The molecule has 1 aromatic carbocycles. The number of carboxylic acids is 1. The minimum absolute atomic E-state index is 0.184. The zero-order valence-electron chi connectivity index (χ0n) is 12.9. The van der Waals surface area contributed by atoms with Gasteiger partial charge < -0.3 is 10.4 Å². The molecule has 7 heteroatoms. The molecule has 23 heavy (non-hydrogen) atoms. The van der Waals surface area contributed by atoms with Crippen LogP contribution in [0.3, 0.4) is 0 Å². The number of hydrogen-bond donors (Lipinski definition) is 3. The van der Waals surface area contributed by atoms with Crippen molar-refractivity contribution in [1.82, 2.24) is 15.5 Å². The summed E-state index contributed by atoms with van der Waals surface area (Å²) < 4.78 is 0. The molecule has 0 fully saturated rings. The van der Waals surface area contributed by atoms with Crippen molar-refractivity contribution in [2.45, 2.75) is 32.2 Å². The first kappa shape index (κ1) is 17.0. The maximum atomic E-state index is 12.3. The second-order valence-electron chi connectivity index (χ2n) is 5.49. The summed E-state index contributed by atoms with van der Waals surface area (Å²) in [5.41, 5.74) is 0.0809. The van der Waals surface area contributed by atoms with E-state index in [1.165, 1.54) is 6.92 Å². The van der Waals surface area contributed by atoms with E-state index in [2.05, 4.69) is 15.5 Å². The fourth-order valence-corrected chi connectivity index (χ4v) is 2.52. The van der Waals surface area contributed by atoms with Gasteiger partial charge in [0.2, 0.25) is 0 Å². The van der Waals surface area contributed by atoms with Crippen LogP contribution in [0.5, 0.6) is 0 Å². The lowest BCUT2D eigenvalue weighted by molar-refractivity contribution is -0.144. The molecule has 1 amide bonds. The number of hydrogen-bond acceptors (Lipinski definition) is 3. The van der Waals surface area contributed by atoms with Gasteiger partial charge in [-0.15, -0.1) is 0 Å². The van der Waals surface area contributed by atoms with Crippen LogP contribution in [0, 0.1) is 0 Å². The van der Waals surface area contributed by atoms with Crippen LogP contribution in [0.15, 0.2) is 30.3 Å². The first-order chi connectivity index (χ1) is 10.9. The molecule has 1 aromatic heterocycles. The first-order valence-corrected chi connectivity index (χ1v) is 7.61. The van der Waals surface area contributed by atoms with Gasteiger partial charge in [0.15, 0.2) is 0 Å². The third-order valence-corrected chi connectivity index (χ3v) is 3.91. The minimum atomic E-state index is -1.32. The molecular formula is C16H18ClN3O3. The number of carboxylic acid groups (broad SMARTS) is 1. The number of nitrogens with zero attached hydrogens (tertiary/aromatic N) is 1. The molecule has 2 aromatic rings. The van der Waals surface area contributed by atoms with Crippen molar-refractivity contribution in [3.05, 3.63) is 41.0 Å². The normalized spacial score (nSPS) is 13.3. The van der Waals surface area contributed by atoms with Crippen molar-refractivity contribution in [1.29, 1.82) is 0 Å². The average molecular weight is 336 g/mol. The lowest BCUT2D eigenvalue weighted by Gasteiger charge is -2.25. The Hall–Kier alpha value is -2.34. The van der Waals surface area contributed by atoms with E-state index < -0.39 is 17.4 Å². The lowest BCUT2D eigenvalue weighted by atomic mass is 9.96. The number of benzene rings is 1. The number of nitrogens with one attached hydrogen (secondary N) is 2. The molecule has 2 rings (SSSR count). The number of carbonyl (C=O) groups excluding carboxylic acids is 1. The summed E-state index contributed by atoms with van der Waals surface area (Å²) >= 11 is 6.10. The predicted octanol–water partition coefficient (Wildman–Crippen LogP) is 3.10. The van der Waals surface area contributed by atoms with Gasteiger partial charge in [-0.2, -0.15) is 5.10 Å². The fourth-order valence-electron chi connectivity index (χ4n) is 2.29. The second kappa shape index (κ2) is 6.83. The van der Waals surface area contributed by atoms with Crippen LogP contribution in [-0.4, -0.2) is 32.7 Å². The van der Waals surface area contributed by atoms with Crippen molar-refractivity contribution in [2.75, 3.05) is 0 Å². The van der Waals surface area contributed by atoms with Crippen LogP contribution < -0.4 is 5.32 Å². The molecule has 1 unspecified atom stereocenters. The zero-order valence-corrected chi connectivity index (χ0v) is 13.6. The van der Waals surface area contributed by atoms with E-state index in [1.807, 2.05) is 13.0 Å². The smallest absolute Gasteiger partial charge is 0.329 e. The van der Waals surface area contributed by atoms with Gasteiger partial charge in [-0.05, 0) is 25.5 Å². The number of rotatable bonds is 6. The molecule has 1 atom stereocenters. The Balaban J connectivity index is 2.22. The van der Waals surface area contributed by atoms with E-state index in [9.17, 15) is 14.7 Å². The molecule has 0 saturated carbocycles. The largest absolute Gasteiger partial charge is 0.480 e.